The number of methoxy groups -OCH3 is 1. The lowest BCUT2D eigenvalue weighted by molar-refractivity contribution is 0.415. The molecule has 3 rings (SSSR count). The zero-order valence-electron chi connectivity index (χ0n) is 14.0. The molecule has 0 aliphatic heterocycles. The summed E-state index contributed by atoms with van der Waals surface area (Å²) in [7, 11) is 1.64. The number of hydrogen-bond donors (Lipinski definition) is 3. The number of nitrogens with two attached hydrogens (primary N) is 1. The van der Waals surface area contributed by atoms with E-state index in [1.807, 2.05) is 24.3 Å². The van der Waals surface area contributed by atoms with Crippen LogP contribution in [0.4, 0.5) is 5.69 Å². The van der Waals surface area contributed by atoms with Gasteiger partial charge >= 0.3 is 0 Å². The van der Waals surface area contributed by atoms with Crippen LogP contribution in [-0.2, 0) is 6.42 Å². The first-order valence-corrected chi connectivity index (χ1v) is 7.94. The summed E-state index contributed by atoms with van der Waals surface area (Å²) in [6, 6.07) is 13.9. The SMILES string of the molecule is COc1ccc(NC(N)=NCCc2c[nH]c3c(C)cccc23)cc1. The molecule has 0 aliphatic rings. The lowest BCUT2D eigenvalue weighted by Gasteiger charge is -2.06. The van der Waals surface area contributed by atoms with Gasteiger partial charge in [0.2, 0.25) is 0 Å². The monoisotopic (exact) mass is 322 g/mol. The van der Waals surface area contributed by atoms with E-state index >= 15 is 0 Å². The molecule has 5 heteroatoms. The zero-order chi connectivity index (χ0) is 16.9. The number of fused-ring (bicyclic) bond motifs is 1. The minimum Gasteiger partial charge on any atom is -0.497 e. The van der Waals surface area contributed by atoms with E-state index in [-0.39, 0.29) is 0 Å². The van der Waals surface area contributed by atoms with E-state index in [4.69, 9.17) is 10.5 Å². The number of aryl methyl sites for hydroxylation is 1. The number of ether oxygens (including phenoxy) is 1. The highest BCUT2D eigenvalue weighted by atomic mass is 16.5. The Kier molecular flexibility index (Phi) is 4.70. The lowest BCUT2D eigenvalue weighted by Crippen LogP contribution is -2.23. The molecular weight excluding hydrogens is 300 g/mol. The Balaban J connectivity index is 1.61. The summed E-state index contributed by atoms with van der Waals surface area (Å²) < 4.78 is 5.13. The summed E-state index contributed by atoms with van der Waals surface area (Å²) >= 11 is 0. The summed E-state index contributed by atoms with van der Waals surface area (Å²) in [5.41, 5.74) is 10.5. The van der Waals surface area contributed by atoms with Crippen molar-refractivity contribution in [3.63, 3.8) is 0 Å². The Labute approximate surface area is 141 Å². The van der Waals surface area contributed by atoms with Crippen molar-refractivity contribution in [2.75, 3.05) is 19.0 Å². The molecule has 124 valence electrons. The number of aromatic nitrogens is 1. The normalized spacial score (nSPS) is 11.7. The number of rotatable bonds is 5. The second-order valence-corrected chi connectivity index (χ2v) is 5.68. The Morgan fingerprint density at radius 3 is 2.75 bits per heavy atom. The van der Waals surface area contributed by atoms with Crippen molar-refractivity contribution in [3.8, 4) is 5.75 Å². The Morgan fingerprint density at radius 2 is 2.00 bits per heavy atom. The number of nitrogens with zero attached hydrogens (tertiary/aromatic N) is 1. The number of benzene rings is 2. The Morgan fingerprint density at radius 1 is 1.21 bits per heavy atom. The quantitative estimate of drug-likeness (QED) is 0.497. The molecule has 0 unspecified atom stereocenters. The maximum atomic E-state index is 5.95. The first kappa shape index (κ1) is 15.9. The summed E-state index contributed by atoms with van der Waals surface area (Å²) in [6.07, 6.45) is 2.90. The minimum atomic E-state index is 0.413. The van der Waals surface area contributed by atoms with Crippen molar-refractivity contribution < 1.29 is 4.74 Å². The fourth-order valence-electron chi connectivity index (χ4n) is 2.73. The van der Waals surface area contributed by atoms with Crippen molar-refractivity contribution in [1.82, 2.24) is 4.98 Å². The van der Waals surface area contributed by atoms with Crippen LogP contribution in [0.15, 0.2) is 53.7 Å². The molecule has 0 amide bonds. The van der Waals surface area contributed by atoms with E-state index in [0.29, 0.717) is 12.5 Å². The van der Waals surface area contributed by atoms with Crippen molar-refractivity contribution in [1.29, 1.82) is 0 Å². The van der Waals surface area contributed by atoms with Gasteiger partial charge in [-0.25, -0.2) is 0 Å². The van der Waals surface area contributed by atoms with Crippen molar-refractivity contribution in [2.45, 2.75) is 13.3 Å². The number of H-pyrrole nitrogens is 1. The number of anilines is 1. The predicted molar refractivity (Wildman–Crippen MR) is 99.8 cm³/mol. The molecule has 2 aromatic carbocycles. The van der Waals surface area contributed by atoms with Gasteiger partial charge in [0.05, 0.1) is 7.11 Å². The molecule has 0 saturated heterocycles. The van der Waals surface area contributed by atoms with Gasteiger partial charge in [0, 0.05) is 29.3 Å². The van der Waals surface area contributed by atoms with Gasteiger partial charge < -0.3 is 20.8 Å². The number of aromatic amines is 1. The molecule has 0 radical (unpaired) electrons. The van der Waals surface area contributed by atoms with Crippen molar-refractivity contribution >= 4 is 22.5 Å². The van der Waals surface area contributed by atoms with Crippen molar-refractivity contribution in [2.24, 2.45) is 10.7 Å². The molecule has 0 fully saturated rings. The minimum absolute atomic E-state index is 0.413. The average molecular weight is 322 g/mol. The van der Waals surface area contributed by atoms with E-state index in [1.165, 1.54) is 22.0 Å². The number of para-hydroxylation sites is 1. The number of aliphatic imine (C=N–C) groups is 1. The number of hydrogen-bond acceptors (Lipinski definition) is 2. The van der Waals surface area contributed by atoms with Crippen LogP contribution >= 0.6 is 0 Å². The summed E-state index contributed by atoms with van der Waals surface area (Å²) in [4.78, 5) is 7.74. The highest BCUT2D eigenvalue weighted by molar-refractivity contribution is 5.92. The third kappa shape index (κ3) is 3.51. The molecule has 0 saturated carbocycles. The average Bonchev–Trinajstić information content (AvgIpc) is 3.00. The second-order valence-electron chi connectivity index (χ2n) is 5.68. The highest BCUT2D eigenvalue weighted by Gasteiger charge is 2.04. The number of guanidine groups is 1. The molecule has 1 aromatic heterocycles. The van der Waals surface area contributed by atoms with Crippen LogP contribution in [-0.4, -0.2) is 24.6 Å². The van der Waals surface area contributed by atoms with Gasteiger partial charge in [0.1, 0.15) is 5.75 Å². The van der Waals surface area contributed by atoms with E-state index in [0.717, 1.165) is 17.9 Å². The summed E-state index contributed by atoms with van der Waals surface area (Å²) in [5.74, 6) is 1.22. The standard InChI is InChI=1S/C19H22N4O/c1-13-4-3-5-17-14(12-22-18(13)17)10-11-21-19(20)23-15-6-8-16(24-2)9-7-15/h3-9,12,22H,10-11H2,1-2H3,(H3,20,21,23). The fraction of sp³-hybridized carbons (Fsp3) is 0.211. The van der Waals surface area contributed by atoms with E-state index in [9.17, 15) is 0 Å². The summed E-state index contributed by atoms with van der Waals surface area (Å²) in [5, 5.41) is 4.34. The maximum absolute atomic E-state index is 5.95. The molecular formula is C19H22N4O. The third-order valence-corrected chi connectivity index (χ3v) is 4.04. The van der Waals surface area contributed by atoms with Crippen LogP contribution in [0.3, 0.4) is 0 Å². The molecule has 24 heavy (non-hydrogen) atoms. The molecule has 5 nitrogen and oxygen atoms in total. The van der Waals surface area contributed by atoms with Gasteiger partial charge in [0.25, 0.3) is 0 Å². The van der Waals surface area contributed by atoms with Gasteiger partial charge in [-0.15, -0.1) is 0 Å². The molecule has 0 bridgehead atoms. The first-order valence-electron chi connectivity index (χ1n) is 7.94. The van der Waals surface area contributed by atoms with Gasteiger partial charge in [-0.3, -0.25) is 4.99 Å². The maximum Gasteiger partial charge on any atom is 0.193 e. The number of nitrogens with one attached hydrogen (secondary N) is 2. The third-order valence-electron chi connectivity index (χ3n) is 4.04. The Hall–Kier alpha value is -2.95. The Bertz CT molecular complexity index is 849. The van der Waals surface area contributed by atoms with E-state index in [1.54, 1.807) is 7.11 Å². The zero-order valence-corrected chi connectivity index (χ0v) is 14.0. The topological polar surface area (TPSA) is 75.4 Å². The van der Waals surface area contributed by atoms with Gasteiger partial charge in [0.15, 0.2) is 5.96 Å². The van der Waals surface area contributed by atoms with E-state index < -0.39 is 0 Å². The molecule has 4 N–H and O–H groups in total. The van der Waals surface area contributed by atoms with Crippen LogP contribution < -0.4 is 15.8 Å². The molecule has 3 aromatic rings. The van der Waals surface area contributed by atoms with E-state index in [2.05, 4.69) is 46.6 Å². The van der Waals surface area contributed by atoms with Crippen LogP contribution in [0.5, 0.6) is 5.75 Å². The first-order chi connectivity index (χ1) is 11.7. The molecule has 0 spiro atoms. The van der Waals surface area contributed by atoms with Crippen LogP contribution in [0.25, 0.3) is 10.9 Å². The summed E-state index contributed by atoms with van der Waals surface area (Å²) in [6.45, 7) is 2.74. The predicted octanol–water partition coefficient (Wildman–Crippen LogP) is 3.45. The van der Waals surface area contributed by atoms with Crippen LogP contribution in [0, 0.1) is 6.92 Å². The van der Waals surface area contributed by atoms with Gasteiger partial charge in [-0.2, -0.15) is 0 Å². The molecule has 0 aliphatic carbocycles. The van der Waals surface area contributed by atoms with Gasteiger partial charge in [-0.05, 0) is 48.7 Å². The van der Waals surface area contributed by atoms with Crippen LogP contribution in [0.1, 0.15) is 11.1 Å². The largest absolute Gasteiger partial charge is 0.497 e. The lowest BCUT2D eigenvalue weighted by atomic mass is 10.1. The fourth-order valence-corrected chi connectivity index (χ4v) is 2.73. The molecule has 0 atom stereocenters. The smallest absolute Gasteiger partial charge is 0.193 e. The van der Waals surface area contributed by atoms with Crippen LogP contribution in [0.2, 0.25) is 0 Å². The highest BCUT2D eigenvalue weighted by Crippen LogP contribution is 2.21. The van der Waals surface area contributed by atoms with Crippen molar-refractivity contribution in [3.05, 3.63) is 59.8 Å². The van der Waals surface area contributed by atoms with Gasteiger partial charge in [-0.1, -0.05) is 18.2 Å². The molecule has 1 heterocycles. The second kappa shape index (κ2) is 7.08.